The first-order valence-electron chi connectivity index (χ1n) is 4.38. The summed E-state index contributed by atoms with van der Waals surface area (Å²) < 4.78 is 0. The molecule has 4 heteroatoms. The fourth-order valence-electron chi connectivity index (χ4n) is 1.08. The van der Waals surface area contributed by atoms with E-state index in [2.05, 4.69) is 0 Å². The number of aldehydes is 1. The second-order valence-corrected chi connectivity index (χ2v) is 3.93. The van der Waals surface area contributed by atoms with Crippen LogP contribution >= 0.6 is 11.8 Å². The Balaban J connectivity index is 4.09. The molecule has 0 saturated heterocycles. The molecule has 0 heterocycles. The van der Waals surface area contributed by atoms with Crippen LogP contribution < -0.4 is 0 Å². The Morgan fingerprint density at radius 3 is 2.62 bits per heavy atom. The summed E-state index contributed by atoms with van der Waals surface area (Å²) in [5.74, 6) is 0.0569. The summed E-state index contributed by atoms with van der Waals surface area (Å²) in [6.45, 7) is 2.78. The van der Waals surface area contributed by atoms with Crippen LogP contribution in [0.3, 0.4) is 0 Å². The molecule has 0 radical (unpaired) electrons. The first-order chi connectivity index (χ1) is 6.17. The van der Waals surface area contributed by atoms with Crippen LogP contribution in [0.1, 0.15) is 19.8 Å². The zero-order chi connectivity index (χ0) is 10.3. The Kier molecular flexibility index (Phi) is 6.68. The van der Waals surface area contributed by atoms with Gasteiger partial charge in [-0.25, -0.2) is 0 Å². The van der Waals surface area contributed by atoms with Crippen molar-refractivity contribution in [2.45, 2.75) is 25.0 Å². The molecular formula is C9H17NO2S. The second kappa shape index (κ2) is 6.95. The van der Waals surface area contributed by atoms with Crippen molar-refractivity contribution < 1.29 is 9.59 Å². The molecule has 76 valence electrons. The van der Waals surface area contributed by atoms with Crippen molar-refractivity contribution in [3.05, 3.63) is 0 Å². The molecule has 0 aliphatic carbocycles. The van der Waals surface area contributed by atoms with Gasteiger partial charge in [0.25, 0.3) is 0 Å². The van der Waals surface area contributed by atoms with Crippen molar-refractivity contribution in [3.8, 4) is 0 Å². The lowest BCUT2D eigenvalue weighted by Gasteiger charge is -2.20. The molecule has 1 amide bonds. The van der Waals surface area contributed by atoms with Gasteiger partial charge >= 0.3 is 0 Å². The molecule has 13 heavy (non-hydrogen) atoms. The summed E-state index contributed by atoms with van der Waals surface area (Å²) in [5, 5.41) is -0.200. The van der Waals surface area contributed by atoms with E-state index < -0.39 is 0 Å². The second-order valence-electron chi connectivity index (χ2n) is 2.89. The van der Waals surface area contributed by atoms with Crippen LogP contribution in [-0.4, -0.2) is 42.2 Å². The van der Waals surface area contributed by atoms with Gasteiger partial charge in [-0.15, -0.1) is 0 Å². The van der Waals surface area contributed by atoms with E-state index in [0.717, 1.165) is 19.3 Å². The minimum Gasteiger partial charge on any atom is -0.345 e. The Labute approximate surface area is 83.9 Å². The van der Waals surface area contributed by atoms with Crippen LogP contribution in [0.5, 0.6) is 0 Å². The number of nitrogens with zero attached hydrogens (tertiary/aromatic N) is 1. The Morgan fingerprint density at radius 2 is 2.23 bits per heavy atom. The van der Waals surface area contributed by atoms with E-state index in [1.54, 1.807) is 11.9 Å². The summed E-state index contributed by atoms with van der Waals surface area (Å²) in [6, 6.07) is 0. The molecule has 1 unspecified atom stereocenters. The topological polar surface area (TPSA) is 37.4 Å². The van der Waals surface area contributed by atoms with E-state index in [0.29, 0.717) is 6.42 Å². The van der Waals surface area contributed by atoms with Gasteiger partial charge in [-0.2, -0.15) is 11.8 Å². The molecule has 0 aromatic heterocycles. The largest absolute Gasteiger partial charge is 0.345 e. The normalized spacial score (nSPS) is 12.2. The summed E-state index contributed by atoms with van der Waals surface area (Å²) in [5.41, 5.74) is 0. The summed E-state index contributed by atoms with van der Waals surface area (Å²) in [6.07, 6.45) is 3.92. The predicted octanol–water partition coefficient (Wildman–Crippen LogP) is 1.18. The number of carbonyl (C=O) groups is 2. The lowest BCUT2D eigenvalue weighted by atomic mass is 10.3. The smallest absolute Gasteiger partial charge is 0.235 e. The predicted molar refractivity (Wildman–Crippen MR) is 55.9 cm³/mol. The molecule has 0 aliphatic rings. The molecule has 0 bridgehead atoms. The average molecular weight is 203 g/mol. The average Bonchev–Trinajstić information content (AvgIpc) is 2.13. The maximum Gasteiger partial charge on any atom is 0.235 e. The molecule has 0 aromatic rings. The van der Waals surface area contributed by atoms with Crippen LogP contribution in [0.25, 0.3) is 0 Å². The monoisotopic (exact) mass is 203 g/mol. The van der Waals surface area contributed by atoms with E-state index in [9.17, 15) is 9.59 Å². The van der Waals surface area contributed by atoms with Gasteiger partial charge in [0.1, 0.15) is 6.29 Å². The fourth-order valence-corrected chi connectivity index (χ4v) is 1.73. The zero-order valence-electron chi connectivity index (χ0n) is 8.45. The van der Waals surface area contributed by atoms with E-state index in [1.807, 2.05) is 13.2 Å². The van der Waals surface area contributed by atoms with Gasteiger partial charge in [0, 0.05) is 20.0 Å². The molecule has 1 atom stereocenters. The Morgan fingerprint density at radius 1 is 1.62 bits per heavy atom. The molecule has 0 aliphatic heterocycles. The highest BCUT2D eigenvalue weighted by Crippen LogP contribution is 2.12. The van der Waals surface area contributed by atoms with Crippen LogP contribution in [0.4, 0.5) is 0 Å². The van der Waals surface area contributed by atoms with Gasteiger partial charge in [-0.3, -0.25) is 4.79 Å². The third kappa shape index (κ3) is 4.31. The van der Waals surface area contributed by atoms with Crippen molar-refractivity contribution in [1.82, 2.24) is 4.90 Å². The summed E-state index contributed by atoms with van der Waals surface area (Å²) in [7, 11) is 1.78. The quantitative estimate of drug-likeness (QED) is 0.608. The Bertz CT molecular complexity index is 173. The van der Waals surface area contributed by atoms with Crippen molar-refractivity contribution in [1.29, 1.82) is 0 Å². The van der Waals surface area contributed by atoms with Gasteiger partial charge in [0.15, 0.2) is 0 Å². The molecule has 0 N–H and O–H groups in total. The molecule has 0 saturated carbocycles. The van der Waals surface area contributed by atoms with Crippen LogP contribution in [-0.2, 0) is 9.59 Å². The van der Waals surface area contributed by atoms with Gasteiger partial charge < -0.3 is 9.69 Å². The van der Waals surface area contributed by atoms with Crippen molar-refractivity contribution >= 4 is 24.0 Å². The SMILES string of the molecule is CCCN(C)C(=O)C(CC=O)SC. The maximum absolute atomic E-state index is 11.6. The van der Waals surface area contributed by atoms with E-state index in [-0.39, 0.29) is 11.2 Å². The van der Waals surface area contributed by atoms with Crippen LogP contribution in [0.15, 0.2) is 0 Å². The van der Waals surface area contributed by atoms with Gasteiger partial charge in [-0.05, 0) is 12.7 Å². The number of rotatable bonds is 6. The fraction of sp³-hybridized carbons (Fsp3) is 0.778. The number of hydrogen-bond acceptors (Lipinski definition) is 3. The molecule has 0 spiro atoms. The highest BCUT2D eigenvalue weighted by Gasteiger charge is 2.19. The van der Waals surface area contributed by atoms with Crippen molar-refractivity contribution in [2.75, 3.05) is 19.8 Å². The lowest BCUT2D eigenvalue weighted by Crippen LogP contribution is -2.35. The Hall–Kier alpha value is -0.510. The molecular weight excluding hydrogens is 186 g/mol. The maximum atomic E-state index is 11.6. The summed E-state index contributed by atoms with van der Waals surface area (Å²) >= 11 is 1.43. The van der Waals surface area contributed by atoms with Crippen LogP contribution in [0, 0.1) is 0 Å². The highest BCUT2D eigenvalue weighted by atomic mass is 32.2. The highest BCUT2D eigenvalue weighted by molar-refractivity contribution is 7.99. The minimum absolute atomic E-state index is 0.0569. The third-order valence-corrected chi connectivity index (χ3v) is 2.77. The minimum atomic E-state index is -0.200. The number of carbonyl (C=O) groups excluding carboxylic acids is 2. The molecule has 3 nitrogen and oxygen atoms in total. The van der Waals surface area contributed by atoms with Gasteiger partial charge in [0.05, 0.1) is 5.25 Å². The lowest BCUT2D eigenvalue weighted by molar-refractivity contribution is -0.130. The van der Waals surface area contributed by atoms with Crippen LogP contribution in [0.2, 0.25) is 0 Å². The van der Waals surface area contributed by atoms with Gasteiger partial charge in [0.2, 0.25) is 5.91 Å². The number of hydrogen-bond donors (Lipinski definition) is 0. The summed E-state index contributed by atoms with van der Waals surface area (Å²) in [4.78, 5) is 23.6. The number of amides is 1. The first-order valence-corrected chi connectivity index (χ1v) is 5.67. The third-order valence-electron chi connectivity index (χ3n) is 1.81. The van der Waals surface area contributed by atoms with Gasteiger partial charge in [-0.1, -0.05) is 6.92 Å². The molecule has 0 fully saturated rings. The van der Waals surface area contributed by atoms with E-state index >= 15 is 0 Å². The van der Waals surface area contributed by atoms with E-state index in [1.165, 1.54) is 11.8 Å². The van der Waals surface area contributed by atoms with E-state index in [4.69, 9.17) is 0 Å². The number of thioether (sulfide) groups is 1. The zero-order valence-corrected chi connectivity index (χ0v) is 9.26. The molecule has 0 aromatic carbocycles. The van der Waals surface area contributed by atoms with Crippen molar-refractivity contribution in [2.24, 2.45) is 0 Å². The first kappa shape index (κ1) is 12.5. The standard InChI is InChI=1S/C9H17NO2S/c1-4-6-10(2)9(12)8(13-3)5-7-11/h7-8H,4-6H2,1-3H3. The molecule has 0 rings (SSSR count). The van der Waals surface area contributed by atoms with Crippen molar-refractivity contribution in [3.63, 3.8) is 0 Å².